The summed E-state index contributed by atoms with van der Waals surface area (Å²) in [5.74, 6) is 1.01. The molecule has 10 nitrogen and oxygen atoms in total. The predicted octanol–water partition coefficient (Wildman–Crippen LogP) is 3.40. The average Bonchev–Trinajstić information content (AvgIpc) is 3.33. The first-order valence-corrected chi connectivity index (χ1v) is 10.2. The van der Waals surface area contributed by atoms with Crippen molar-refractivity contribution >= 4 is 17.7 Å². The fourth-order valence-electron chi connectivity index (χ4n) is 3.13. The summed E-state index contributed by atoms with van der Waals surface area (Å²) in [6, 6.07) is 11.8. The van der Waals surface area contributed by atoms with Crippen LogP contribution in [0.3, 0.4) is 0 Å². The smallest absolute Gasteiger partial charge is 0.358 e. The van der Waals surface area contributed by atoms with Gasteiger partial charge in [0.1, 0.15) is 0 Å². The molecule has 0 aliphatic carbocycles. The van der Waals surface area contributed by atoms with Crippen LogP contribution in [0, 0.1) is 0 Å². The van der Waals surface area contributed by atoms with E-state index in [2.05, 4.69) is 15.7 Å². The Morgan fingerprint density at radius 2 is 1.67 bits per heavy atom. The molecule has 33 heavy (non-hydrogen) atoms. The van der Waals surface area contributed by atoms with Gasteiger partial charge in [0.15, 0.2) is 17.2 Å². The Hall–Kier alpha value is -4.21. The van der Waals surface area contributed by atoms with E-state index in [0.717, 1.165) is 11.3 Å². The van der Waals surface area contributed by atoms with Gasteiger partial charge in [0, 0.05) is 24.0 Å². The van der Waals surface area contributed by atoms with Crippen LogP contribution in [0.4, 0.5) is 10.5 Å². The van der Waals surface area contributed by atoms with Crippen LogP contribution in [0.15, 0.2) is 48.7 Å². The van der Waals surface area contributed by atoms with E-state index >= 15 is 0 Å². The molecule has 3 rings (SSSR count). The Labute approximate surface area is 191 Å². The number of methoxy groups -OCH3 is 3. The number of esters is 1. The van der Waals surface area contributed by atoms with Crippen molar-refractivity contribution in [3.05, 3.63) is 59.9 Å². The van der Waals surface area contributed by atoms with Crippen molar-refractivity contribution in [1.29, 1.82) is 0 Å². The van der Waals surface area contributed by atoms with Crippen LogP contribution in [-0.4, -0.2) is 49.7 Å². The lowest BCUT2D eigenvalue weighted by Gasteiger charge is -2.16. The Bertz CT molecular complexity index is 1110. The molecule has 0 bridgehead atoms. The number of aromatic nitrogens is 2. The molecule has 2 N–H and O–H groups in total. The zero-order valence-corrected chi connectivity index (χ0v) is 18.9. The quantitative estimate of drug-likeness (QED) is 0.477. The summed E-state index contributed by atoms with van der Waals surface area (Å²) < 4.78 is 22.6. The second-order valence-electron chi connectivity index (χ2n) is 6.71. The molecule has 0 saturated heterocycles. The lowest BCUT2D eigenvalue weighted by atomic mass is 10.1. The summed E-state index contributed by atoms with van der Waals surface area (Å²) in [4.78, 5) is 24.1. The summed E-state index contributed by atoms with van der Waals surface area (Å²) in [7, 11) is 4.59. The molecule has 1 heterocycles. The molecule has 0 atom stereocenters. The largest absolute Gasteiger partial charge is 0.493 e. The van der Waals surface area contributed by atoms with E-state index in [1.807, 2.05) is 0 Å². The normalized spacial score (nSPS) is 10.3. The van der Waals surface area contributed by atoms with E-state index in [9.17, 15) is 9.59 Å². The number of carbonyl (C=O) groups excluding carboxylic acids is 2. The zero-order valence-electron chi connectivity index (χ0n) is 18.9. The van der Waals surface area contributed by atoms with Gasteiger partial charge in [0.25, 0.3) is 0 Å². The van der Waals surface area contributed by atoms with Crippen molar-refractivity contribution in [1.82, 2.24) is 15.1 Å². The van der Waals surface area contributed by atoms with Gasteiger partial charge in [-0.3, -0.25) is 0 Å². The molecule has 0 aliphatic rings. The lowest BCUT2D eigenvalue weighted by Crippen LogP contribution is -2.28. The minimum Gasteiger partial charge on any atom is -0.493 e. The van der Waals surface area contributed by atoms with Gasteiger partial charge in [-0.25, -0.2) is 14.3 Å². The van der Waals surface area contributed by atoms with Gasteiger partial charge < -0.3 is 29.6 Å². The third kappa shape index (κ3) is 5.53. The molecule has 3 aromatic rings. The predicted molar refractivity (Wildman–Crippen MR) is 121 cm³/mol. The van der Waals surface area contributed by atoms with Crippen LogP contribution in [0.2, 0.25) is 0 Å². The van der Waals surface area contributed by atoms with E-state index in [1.165, 1.54) is 14.2 Å². The number of hydrogen-bond acceptors (Lipinski definition) is 7. The van der Waals surface area contributed by atoms with Crippen molar-refractivity contribution < 1.29 is 28.5 Å². The molecule has 0 saturated carbocycles. The lowest BCUT2D eigenvalue weighted by molar-refractivity contribution is 0.0519. The maximum Gasteiger partial charge on any atom is 0.358 e. The number of benzene rings is 2. The number of urea groups is 1. The second-order valence-corrected chi connectivity index (χ2v) is 6.71. The standard InChI is InChI=1S/C23H26N4O6/c1-5-33-22(28)18-12-13-27(26-18)17-9-7-16(8-10-17)25-23(29)24-14-15-6-11-19(30-2)21(32-4)20(15)31-3/h6-13H,5,14H2,1-4H3,(H2,24,25,29). The van der Waals surface area contributed by atoms with Crippen molar-refractivity contribution in [2.24, 2.45) is 0 Å². The maximum absolute atomic E-state index is 12.4. The molecule has 0 fully saturated rings. The van der Waals surface area contributed by atoms with Crippen molar-refractivity contribution in [2.45, 2.75) is 13.5 Å². The molecular weight excluding hydrogens is 428 g/mol. The van der Waals surface area contributed by atoms with Crippen molar-refractivity contribution in [2.75, 3.05) is 33.3 Å². The van der Waals surface area contributed by atoms with Crippen molar-refractivity contribution in [3.63, 3.8) is 0 Å². The first-order valence-electron chi connectivity index (χ1n) is 10.2. The van der Waals surface area contributed by atoms with E-state index in [0.29, 0.717) is 22.9 Å². The Kier molecular flexibility index (Phi) is 7.74. The fourth-order valence-corrected chi connectivity index (χ4v) is 3.13. The highest BCUT2D eigenvalue weighted by molar-refractivity contribution is 5.89. The summed E-state index contributed by atoms with van der Waals surface area (Å²) in [6.07, 6.45) is 1.66. The number of nitrogens with one attached hydrogen (secondary N) is 2. The van der Waals surface area contributed by atoms with Crippen LogP contribution in [0.1, 0.15) is 23.0 Å². The third-order valence-corrected chi connectivity index (χ3v) is 4.69. The number of amides is 2. The highest BCUT2D eigenvalue weighted by Gasteiger charge is 2.16. The van der Waals surface area contributed by atoms with Gasteiger partial charge in [-0.2, -0.15) is 5.10 Å². The minimum atomic E-state index is -0.475. The molecule has 1 aromatic heterocycles. The molecule has 0 aliphatic heterocycles. The fraction of sp³-hybridized carbons (Fsp3) is 0.261. The van der Waals surface area contributed by atoms with Gasteiger partial charge in [-0.05, 0) is 49.4 Å². The van der Waals surface area contributed by atoms with E-state index in [1.54, 1.807) is 67.4 Å². The molecule has 174 valence electrons. The van der Waals surface area contributed by atoms with Crippen molar-refractivity contribution in [3.8, 4) is 22.9 Å². The van der Waals surface area contributed by atoms with Crippen LogP contribution >= 0.6 is 0 Å². The molecule has 2 aromatic carbocycles. The number of carbonyl (C=O) groups is 2. The summed E-state index contributed by atoms with van der Waals surface area (Å²) in [6.45, 7) is 2.24. The van der Waals surface area contributed by atoms with Crippen LogP contribution in [0.25, 0.3) is 5.69 Å². The van der Waals surface area contributed by atoms with E-state index in [-0.39, 0.29) is 24.9 Å². The number of ether oxygens (including phenoxy) is 4. The van der Waals surface area contributed by atoms with Gasteiger partial charge in [-0.15, -0.1) is 0 Å². The van der Waals surface area contributed by atoms with Gasteiger partial charge in [0.2, 0.25) is 5.75 Å². The highest BCUT2D eigenvalue weighted by atomic mass is 16.5. The second kappa shape index (κ2) is 10.9. The number of anilines is 1. The Balaban J connectivity index is 1.61. The zero-order chi connectivity index (χ0) is 23.8. The SMILES string of the molecule is CCOC(=O)c1ccn(-c2ccc(NC(=O)NCc3ccc(OC)c(OC)c3OC)cc2)n1. The Morgan fingerprint density at radius 3 is 2.30 bits per heavy atom. The van der Waals surface area contributed by atoms with Crippen LogP contribution in [0.5, 0.6) is 17.2 Å². The maximum atomic E-state index is 12.4. The van der Waals surface area contributed by atoms with E-state index in [4.69, 9.17) is 18.9 Å². The van der Waals surface area contributed by atoms with Crippen LogP contribution < -0.4 is 24.8 Å². The molecule has 10 heteroatoms. The Morgan fingerprint density at radius 1 is 0.939 bits per heavy atom. The number of hydrogen-bond donors (Lipinski definition) is 2. The molecule has 2 amide bonds. The number of nitrogens with zero attached hydrogens (tertiary/aromatic N) is 2. The highest BCUT2D eigenvalue weighted by Crippen LogP contribution is 2.39. The molecular formula is C23H26N4O6. The summed E-state index contributed by atoms with van der Waals surface area (Å²) >= 11 is 0. The average molecular weight is 454 g/mol. The summed E-state index contributed by atoms with van der Waals surface area (Å²) in [5, 5.41) is 9.77. The third-order valence-electron chi connectivity index (χ3n) is 4.69. The molecule has 0 unspecified atom stereocenters. The summed E-state index contributed by atoms with van der Waals surface area (Å²) in [5.41, 5.74) is 2.28. The van der Waals surface area contributed by atoms with Gasteiger partial charge in [0.05, 0.1) is 33.6 Å². The monoisotopic (exact) mass is 454 g/mol. The van der Waals surface area contributed by atoms with Crippen LogP contribution in [-0.2, 0) is 11.3 Å². The van der Waals surface area contributed by atoms with Gasteiger partial charge in [-0.1, -0.05) is 0 Å². The first kappa shape index (κ1) is 23.5. The molecule has 0 radical (unpaired) electrons. The van der Waals surface area contributed by atoms with E-state index < -0.39 is 5.97 Å². The minimum absolute atomic E-state index is 0.220. The first-order chi connectivity index (χ1) is 16.0. The number of rotatable bonds is 9. The van der Waals surface area contributed by atoms with Gasteiger partial charge >= 0.3 is 12.0 Å². The molecule has 0 spiro atoms. The topological polar surface area (TPSA) is 113 Å².